The molecule has 0 aromatic carbocycles. The van der Waals surface area contributed by atoms with E-state index in [9.17, 15) is 0 Å². The van der Waals surface area contributed by atoms with E-state index in [0.29, 0.717) is 12.5 Å². The molecule has 0 radical (unpaired) electrons. The highest BCUT2D eigenvalue weighted by molar-refractivity contribution is 5.00. The molecule has 5 nitrogen and oxygen atoms in total. The van der Waals surface area contributed by atoms with E-state index >= 15 is 0 Å². The van der Waals surface area contributed by atoms with Gasteiger partial charge in [-0.15, -0.1) is 0 Å². The molecule has 3 rings (SSSR count). The maximum absolute atomic E-state index is 5.26. The number of aryl methyl sites for hydroxylation is 1. The predicted octanol–water partition coefficient (Wildman–Crippen LogP) is 1.89. The average molecular weight is 218 g/mol. The van der Waals surface area contributed by atoms with Crippen molar-refractivity contribution in [2.75, 3.05) is 0 Å². The summed E-state index contributed by atoms with van der Waals surface area (Å²) in [5.41, 5.74) is 0. The van der Waals surface area contributed by atoms with E-state index in [0.717, 1.165) is 17.5 Å². The number of aromatic nitrogens is 4. The predicted molar refractivity (Wildman–Crippen MR) is 57.0 cm³/mol. The lowest BCUT2D eigenvalue weighted by Crippen LogP contribution is -2.09. The summed E-state index contributed by atoms with van der Waals surface area (Å²) < 4.78 is 7.27. The van der Waals surface area contributed by atoms with Crippen molar-refractivity contribution in [3.8, 4) is 0 Å². The van der Waals surface area contributed by atoms with Gasteiger partial charge in [0.2, 0.25) is 5.89 Å². The van der Waals surface area contributed by atoms with Crippen LogP contribution in [0.4, 0.5) is 0 Å². The monoisotopic (exact) mass is 218 g/mol. The first-order valence-electron chi connectivity index (χ1n) is 5.63. The second kappa shape index (κ2) is 3.73. The van der Waals surface area contributed by atoms with Gasteiger partial charge >= 0.3 is 0 Å². The number of imidazole rings is 1. The Morgan fingerprint density at radius 2 is 2.38 bits per heavy atom. The summed E-state index contributed by atoms with van der Waals surface area (Å²) in [5, 5.41) is 4.00. The van der Waals surface area contributed by atoms with E-state index in [-0.39, 0.29) is 0 Å². The number of rotatable bonds is 3. The van der Waals surface area contributed by atoms with Gasteiger partial charge in [0.25, 0.3) is 0 Å². The van der Waals surface area contributed by atoms with Gasteiger partial charge in [-0.1, -0.05) is 11.6 Å². The van der Waals surface area contributed by atoms with Crippen molar-refractivity contribution < 1.29 is 4.52 Å². The Balaban J connectivity index is 1.75. The molecule has 0 N–H and O–H groups in total. The molecule has 2 aromatic heterocycles. The third-order valence-corrected chi connectivity index (χ3v) is 3.17. The molecule has 1 fully saturated rings. The topological polar surface area (TPSA) is 56.7 Å². The minimum absolute atomic E-state index is 0.505. The van der Waals surface area contributed by atoms with Gasteiger partial charge in [-0.2, -0.15) is 4.98 Å². The molecule has 0 unspecified atom stereocenters. The maximum Gasteiger partial charge on any atom is 0.229 e. The molecule has 84 valence electrons. The van der Waals surface area contributed by atoms with Crippen molar-refractivity contribution in [3.63, 3.8) is 0 Å². The lowest BCUT2D eigenvalue weighted by Gasteiger charge is -2.20. The summed E-state index contributed by atoms with van der Waals surface area (Å²) in [4.78, 5) is 8.58. The minimum Gasteiger partial charge on any atom is -0.339 e. The second-order valence-electron chi connectivity index (χ2n) is 4.28. The molecule has 5 heteroatoms. The van der Waals surface area contributed by atoms with Gasteiger partial charge in [0, 0.05) is 18.3 Å². The molecule has 0 spiro atoms. The zero-order chi connectivity index (χ0) is 11.0. The van der Waals surface area contributed by atoms with Gasteiger partial charge in [-0.25, -0.2) is 4.98 Å². The van der Waals surface area contributed by atoms with Crippen LogP contribution in [0.1, 0.15) is 42.7 Å². The normalized spacial score (nSPS) is 16.3. The van der Waals surface area contributed by atoms with E-state index in [1.54, 1.807) is 6.20 Å². The summed E-state index contributed by atoms with van der Waals surface area (Å²) >= 11 is 0. The maximum atomic E-state index is 5.26. The third-order valence-electron chi connectivity index (χ3n) is 3.17. The Kier molecular flexibility index (Phi) is 2.23. The molecule has 0 aliphatic heterocycles. The molecule has 1 aliphatic rings. The number of hydrogen-bond donors (Lipinski definition) is 0. The minimum atomic E-state index is 0.505. The largest absolute Gasteiger partial charge is 0.339 e. The first-order chi connectivity index (χ1) is 7.83. The Hall–Kier alpha value is -1.65. The van der Waals surface area contributed by atoms with Crippen LogP contribution in [0, 0.1) is 6.92 Å². The van der Waals surface area contributed by atoms with Gasteiger partial charge < -0.3 is 9.09 Å². The molecule has 0 saturated heterocycles. The van der Waals surface area contributed by atoms with Crippen LogP contribution in [0.2, 0.25) is 0 Å². The summed E-state index contributed by atoms with van der Waals surface area (Å²) in [6.07, 6.45) is 7.36. The second-order valence-corrected chi connectivity index (χ2v) is 4.28. The Morgan fingerprint density at radius 1 is 1.50 bits per heavy atom. The fourth-order valence-electron chi connectivity index (χ4n) is 1.88. The molecule has 1 saturated carbocycles. The van der Waals surface area contributed by atoms with Crippen LogP contribution < -0.4 is 0 Å². The summed E-state index contributed by atoms with van der Waals surface area (Å²) in [5.74, 6) is 3.02. The highest BCUT2D eigenvalue weighted by Crippen LogP contribution is 2.35. The molecule has 0 atom stereocenters. The van der Waals surface area contributed by atoms with Crippen LogP contribution in [0.5, 0.6) is 0 Å². The smallest absolute Gasteiger partial charge is 0.229 e. The van der Waals surface area contributed by atoms with Crippen molar-refractivity contribution in [1.29, 1.82) is 0 Å². The average Bonchev–Trinajstić information content (AvgIpc) is 2.76. The van der Waals surface area contributed by atoms with Crippen LogP contribution in [-0.4, -0.2) is 19.7 Å². The molecular weight excluding hydrogens is 204 g/mol. The van der Waals surface area contributed by atoms with Crippen LogP contribution in [-0.2, 0) is 6.54 Å². The molecule has 0 bridgehead atoms. The van der Waals surface area contributed by atoms with E-state index in [4.69, 9.17) is 4.52 Å². The van der Waals surface area contributed by atoms with Crippen molar-refractivity contribution in [2.45, 2.75) is 38.6 Å². The SMILES string of the molecule is Cc1nccn1Cc1noc(C2CCC2)n1. The fourth-order valence-corrected chi connectivity index (χ4v) is 1.88. The number of hydrogen-bond acceptors (Lipinski definition) is 4. The molecule has 2 heterocycles. The quantitative estimate of drug-likeness (QED) is 0.789. The van der Waals surface area contributed by atoms with Crippen molar-refractivity contribution >= 4 is 0 Å². The first kappa shape index (κ1) is 9.57. The zero-order valence-corrected chi connectivity index (χ0v) is 9.26. The van der Waals surface area contributed by atoms with Crippen LogP contribution >= 0.6 is 0 Å². The molecule has 1 aliphatic carbocycles. The Bertz CT molecular complexity index is 484. The molecule has 0 amide bonds. The summed E-state index contributed by atoms with van der Waals surface area (Å²) in [6, 6.07) is 0. The Morgan fingerprint density at radius 3 is 3.00 bits per heavy atom. The first-order valence-corrected chi connectivity index (χ1v) is 5.63. The van der Waals surface area contributed by atoms with E-state index < -0.39 is 0 Å². The van der Waals surface area contributed by atoms with Gasteiger partial charge in [0.15, 0.2) is 5.82 Å². The summed E-state index contributed by atoms with van der Waals surface area (Å²) in [6.45, 7) is 2.61. The zero-order valence-electron chi connectivity index (χ0n) is 9.26. The van der Waals surface area contributed by atoms with E-state index in [2.05, 4.69) is 15.1 Å². The number of nitrogens with zero attached hydrogens (tertiary/aromatic N) is 4. The lowest BCUT2D eigenvalue weighted by atomic mass is 9.85. The molecular formula is C11H14N4O. The lowest BCUT2D eigenvalue weighted by molar-refractivity contribution is 0.291. The highest BCUT2D eigenvalue weighted by atomic mass is 16.5. The van der Waals surface area contributed by atoms with Gasteiger partial charge in [0.05, 0.1) is 6.54 Å². The fraction of sp³-hybridized carbons (Fsp3) is 0.545. The highest BCUT2D eigenvalue weighted by Gasteiger charge is 2.25. The molecule has 2 aromatic rings. The van der Waals surface area contributed by atoms with Gasteiger partial charge in [0.1, 0.15) is 5.82 Å². The van der Waals surface area contributed by atoms with Crippen LogP contribution in [0.3, 0.4) is 0 Å². The van der Waals surface area contributed by atoms with Gasteiger partial charge in [-0.05, 0) is 19.8 Å². The summed E-state index contributed by atoms with van der Waals surface area (Å²) in [7, 11) is 0. The third kappa shape index (κ3) is 1.62. The van der Waals surface area contributed by atoms with E-state index in [1.165, 1.54) is 19.3 Å². The van der Waals surface area contributed by atoms with Crippen molar-refractivity contribution in [3.05, 3.63) is 29.9 Å². The van der Waals surface area contributed by atoms with Crippen LogP contribution in [0.25, 0.3) is 0 Å². The van der Waals surface area contributed by atoms with Gasteiger partial charge in [-0.3, -0.25) is 0 Å². The van der Waals surface area contributed by atoms with Crippen LogP contribution in [0.15, 0.2) is 16.9 Å². The Labute approximate surface area is 93.5 Å². The van der Waals surface area contributed by atoms with E-state index in [1.807, 2.05) is 17.7 Å². The molecule has 16 heavy (non-hydrogen) atoms. The standard InChI is InChI=1S/C11H14N4O/c1-8-12-5-6-15(8)7-10-13-11(16-14-10)9-3-2-4-9/h5-6,9H,2-4,7H2,1H3. The van der Waals surface area contributed by atoms with Crippen molar-refractivity contribution in [2.24, 2.45) is 0 Å². The van der Waals surface area contributed by atoms with Crippen molar-refractivity contribution in [1.82, 2.24) is 19.7 Å².